The summed E-state index contributed by atoms with van der Waals surface area (Å²) in [4.78, 5) is 14.8. The molecule has 1 fully saturated rings. The molecule has 0 bridgehead atoms. The van der Waals surface area contributed by atoms with E-state index in [1.807, 2.05) is 55.5 Å². The number of nitrogens with zero attached hydrogens (tertiary/aromatic N) is 2. The second-order valence-corrected chi connectivity index (χ2v) is 7.04. The van der Waals surface area contributed by atoms with Gasteiger partial charge in [-0.15, -0.1) is 0 Å². The summed E-state index contributed by atoms with van der Waals surface area (Å²) in [5.74, 6) is 0.495. The van der Waals surface area contributed by atoms with E-state index in [9.17, 15) is 4.79 Å². The third kappa shape index (κ3) is 3.90. The standard InChI is InChI=1S/C19H14N2O2S2/c1-13-2-6-15(7-3-13)21-18(22)17(25-19(21)24)12-14-4-8-16(9-5-14)23-11-10-20/h2-9,12H,11H2,1H3/b17-12+. The van der Waals surface area contributed by atoms with E-state index in [1.54, 1.807) is 17.0 Å². The summed E-state index contributed by atoms with van der Waals surface area (Å²) in [6.07, 6.45) is 1.81. The normalized spacial score (nSPS) is 15.5. The Kier molecular flexibility index (Phi) is 5.17. The average Bonchev–Trinajstić information content (AvgIpc) is 2.89. The minimum atomic E-state index is -0.122. The van der Waals surface area contributed by atoms with Crippen LogP contribution in [0.3, 0.4) is 0 Å². The second-order valence-electron chi connectivity index (χ2n) is 5.37. The highest BCUT2D eigenvalue weighted by molar-refractivity contribution is 8.27. The first-order valence-electron chi connectivity index (χ1n) is 7.53. The number of carbonyl (C=O) groups excluding carboxylic acids is 1. The van der Waals surface area contributed by atoms with Gasteiger partial charge in [-0.25, -0.2) is 0 Å². The summed E-state index contributed by atoms with van der Waals surface area (Å²) in [6.45, 7) is 2.01. The average molecular weight is 366 g/mol. The Bertz CT molecular complexity index is 881. The van der Waals surface area contributed by atoms with E-state index >= 15 is 0 Å². The fourth-order valence-electron chi connectivity index (χ4n) is 2.31. The molecule has 124 valence electrons. The van der Waals surface area contributed by atoms with Crippen molar-refractivity contribution in [1.29, 1.82) is 5.26 Å². The van der Waals surface area contributed by atoms with E-state index < -0.39 is 0 Å². The summed E-state index contributed by atoms with van der Waals surface area (Å²) in [7, 11) is 0. The number of aryl methyl sites for hydroxylation is 1. The van der Waals surface area contributed by atoms with Gasteiger partial charge in [0.2, 0.25) is 0 Å². The summed E-state index contributed by atoms with van der Waals surface area (Å²) in [5, 5.41) is 8.52. The van der Waals surface area contributed by atoms with E-state index in [0.717, 1.165) is 16.8 Å². The van der Waals surface area contributed by atoms with Crippen LogP contribution in [0.1, 0.15) is 11.1 Å². The van der Waals surface area contributed by atoms with E-state index in [1.165, 1.54) is 11.8 Å². The van der Waals surface area contributed by atoms with Crippen LogP contribution in [0.4, 0.5) is 5.69 Å². The molecule has 0 atom stereocenters. The maximum Gasteiger partial charge on any atom is 0.270 e. The summed E-state index contributed by atoms with van der Waals surface area (Å²) in [5.41, 5.74) is 2.77. The van der Waals surface area contributed by atoms with E-state index in [-0.39, 0.29) is 12.5 Å². The number of ether oxygens (including phenoxy) is 1. The SMILES string of the molecule is Cc1ccc(N2C(=O)/C(=C\c3ccc(OCC#N)cc3)SC2=S)cc1. The number of benzene rings is 2. The predicted molar refractivity (Wildman–Crippen MR) is 104 cm³/mol. The van der Waals surface area contributed by atoms with Gasteiger partial charge < -0.3 is 4.74 Å². The lowest BCUT2D eigenvalue weighted by Gasteiger charge is -2.14. The van der Waals surface area contributed by atoms with Crippen LogP contribution in [0.2, 0.25) is 0 Å². The van der Waals surface area contributed by atoms with Crippen molar-refractivity contribution in [3.8, 4) is 11.8 Å². The van der Waals surface area contributed by atoms with Gasteiger partial charge in [-0.2, -0.15) is 5.26 Å². The fraction of sp³-hybridized carbons (Fsp3) is 0.105. The number of amides is 1. The highest BCUT2D eigenvalue weighted by Crippen LogP contribution is 2.36. The molecule has 0 aliphatic carbocycles. The fourth-order valence-corrected chi connectivity index (χ4v) is 3.61. The van der Waals surface area contributed by atoms with Crippen molar-refractivity contribution in [1.82, 2.24) is 0 Å². The maximum absolute atomic E-state index is 12.7. The van der Waals surface area contributed by atoms with Crippen LogP contribution in [0.5, 0.6) is 5.75 Å². The topological polar surface area (TPSA) is 53.3 Å². The Hall–Kier alpha value is -2.62. The van der Waals surface area contributed by atoms with E-state index in [2.05, 4.69) is 0 Å². The lowest BCUT2D eigenvalue weighted by Crippen LogP contribution is -2.27. The van der Waals surface area contributed by atoms with Gasteiger partial charge in [0, 0.05) is 0 Å². The van der Waals surface area contributed by atoms with Crippen LogP contribution < -0.4 is 9.64 Å². The predicted octanol–water partition coefficient (Wildman–Crippen LogP) is 4.30. The van der Waals surface area contributed by atoms with Crippen LogP contribution in [-0.4, -0.2) is 16.8 Å². The first-order chi connectivity index (χ1) is 12.1. The highest BCUT2D eigenvalue weighted by atomic mass is 32.2. The molecule has 0 aromatic heterocycles. The Balaban J connectivity index is 1.80. The molecule has 1 heterocycles. The van der Waals surface area contributed by atoms with Crippen molar-refractivity contribution >= 4 is 46.0 Å². The molecular weight excluding hydrogens is 352 g/mol. The van der Waals surface area contributed by atoms with Crippen LogP contribution in [0.15, 0.2) is 53.4 Å². The smallest absolute Gasteiger partial charge is 0.270 e. The summed E-state index contributed by atoms with van der Waals surface area (Å²) >= 11 is 6.66. The number of thioether (sulfide) groups is 1. The van der Waals surface area contributed by atoms with E-state index in [4.69, 9.17) is 22.2 Å². The third-order valence-electron chi connectivity index (χ3n) is 3.57. The Morgan fingerprint density at radius 3 is 2.52 bits per heavy atom. The summed E-state index contributed by atoms with van der Waals surface area (Å²) in [6, 6.07) is 16.8. The Morgan fingerprint density at radius 2 is 1.88 bits per heavy atom. The zero-order valence-electron chi connectivity index (χ0n) is 13.4. The molecule has 0 N–H and O–H groups in total. The number of anilines is 1. The van der Waals surface area contributed by atoms with Crippen molar-refractivity contribution in [2.75, 3.05) is 11.5 Å². The van der Waals surface area contributed by atoms with Gasteiger partial charge in [0.25, 0.3) is 5.91 Å². The van der Waals surface area contributed by atoms with Crippen LogP contribution in [-0.2, 0) is 4.79 Å². The third-order valence-corrected chi connectivity index (χ3v) is 4.87. The van der Waals surface area contributed by atoms with Crippen molar-refractivity contribution in [2.24, 2.45) is 0 Å². The zero-order valence-corrected chi connectivity index (χ0v) is 15.1. The minimum Gasteiger partial charge on any atom is -0.479 e. The first-order valence-corrected chi connectivity index (χ1v) is 8.75. The van der Waals surface area contributed by atoms with Gasteiger partial charge in [-0.1, -0.05) is 53.8 Å². The van der Waals surface area contributed by atoms with Gasteiger partial charge >= 0.3 is 0 Å². The molecule has 25 heavy (non-hydrogen) atoms. The molecule has 0 radical (unpaired) electrons. The number of nitriles is 1. The molecule has 0 spiro atoms. The number of hydrogen-bond acceptors (Lipinski definition) is 5. The van der Waals surface area contributed by atoms with E-state index in [0.29, 0.717) is 15.0 Å². The van der Waals surface area contributed by atoms with Crippen molar-refractivity contribution in [3.63, 3.8) is 0 Å². The first kappa shape index (κ1) is 17.2. The lowest BCUT2D eigenvalue weighted by molar-refractivity contribution is -0.113. The molecule has 4 nitrogen and oxygen atoms in total. The monoisotopic (exact) mass is 366 g/mol. The van der Waals surface area contributed by atoms with Gasteiger partial charge in [0.05, 0.1) is 10.6 Å². The number of carbonyl (C=O) groups is 1. The maximum atomic E-state index is 12.7. The summed E-state index contributed by atoms with van der Waals surface area (Å²) < 4.78 is 5.74. The van der Waals surface area contributed by atoms with Crippen LogP contribution in [0, 0.1) is 18.3 Å². The van der Waals surface area contributed by atoms with Crippen molar-refractivity contribution in [2.45, 2.75) is 6.92 Å². The highest BCUT2D eigenvalue weighted by Gasteiger charge is 2.33. The molecule has 1 aliphatic heterocycles. The quantitative estimate of drug-likeness (QED) is 0.596. The van der Waals surface area contributed by atoms with Crippen molar-refractivity contribution < 1.29 is 9.53 Å². The minimum absolute atomic E-state index is 0.00849. The van der Waals surface area contributed by atoms with Gasteiger partial charge in [-0.3, -0.25) is 9.69 Å². The molecule has 2 aromatic carbocycles. The zero-order chi connectivity index (χ0) is 17.8. The molecule has 6 heteroatoms. The molecule has 2 aromatic rings. The lowest BCUT2D eigenvalue weighted by atomic mass is 10.2. The Labute approximate surface area is 155 Å². The largest absolute Gasteiger partial charge is 0.479 e. The number of hydrogen-bond donors (Lipinski definition) is 0. The second kappa shape index (κ2) is 7.51. The number of rotatable bonds is 4. The molecular formula is C19H14N2O2S2. The Morgan fingerprint density at radius 1 is 1.20 bits per heavy atom. The molecule has 1 amide bonds. The molecule has 3 rings (SSSR count). The van der Waals surface area contributed by atoms with Gasteiger partial charge in [0.1, 0.15) is 11.8 Å². The van der Waals surface area contributed by atoms with Gasteiger partial charge in [0.15, 0.2) is 10.9 Å². The molecule has 1 aliphatic rings. The van der Waals surface area contributed by atoms with Crippen molar-refractivity contribution in [3.05, 3.63) is 64.6 Å². The molecule has 0 unspecified atom stereocenters. The van der Waals surface area contributed by atoms with Crippen LogP contribution >= 0.6 is 24.0 Å². The van der Waals surface area contributed by atoms with Gasteiger partial charge in [-0.05, 0) is 42.8 Å². The van der Waals surface area contributed by atoms with Crippen LogP contribution in [0.25, 0.3) is 6.08 Å². The molecule has 0 saturated carbocycles. The molecule has 1 saturated heterocycles. The number of thiocarbonyl (C=S) groups is 1.